The van der Waals surface area contributed by atoms with E-state index in [0.717, 1.165) is 29.5 Å². The summed E-state index contributed by atoms with van der Waals surface area (Å²) in [4.78, 5) is 55.5. The number of benzene rings is 1. The van der Waals surface area contributed by atoms with Gasteiger partial charge in [0.1, 0.15) is 11.9 Å². The molecule has 178 valence electrons. The second-order valence-electron chi connectivity index (χ2n) is 9.23. The molecule has 34 heavy (non-hydrogen) atoms. The first-order chi connectivity index (χ1) is 16.4. The summed E-state index contributed by atoms with van der Waals surface area (Å²) < 4.78 is 0. The predicted molar refractivity (Wildman–Crippen MR) is 128 cm³/mol. The van der Waals surface area contributed by atoms with Crippen molar-refractivity contribution < 1.29 is 14.4 Å². The number of piperidine rings is 1. The van der Waals surface area contributed by atoms with Gasteiger partial charge in [0.05, 0.1) is 11.1 Å². The largest absolute Gasteiger partial charge is 0.356 e. The Morgan fingerprint density at radius 3 is 2.09 bits per heavy atom. The molecule has 9 nitrogen and oxygen atoms in total. The number of aryl methyl sites for hydroxylation is 1. The van der Waals surface area contributed by atoms with Gasteiger partial charge in [0, 0.05) is 51.0 Å². The van der Waals surface area contributed by atoms with Crippen LogP contribution < -0.4 is 9.80 Å². The van der Waals surface area contributed by atoms with Crippen molar-refractivity contribution in [1.29, 1.82) is 0 Å². The van der Waals surface area contributed by atoms with Gasteiger partial charge in [0.25, 0.3) is 11.8 Å². The number of carbonyl (C=O) groups excluding carboxylic acids is 3. The molecule has 3 amide bonds. The van der Waals surface area contributed by atoms with Crippen LogP contribution in [0.2, 0.25) is 0 Å². The first-order valence-electron chi connectivity index (χ1n) is 12.1. The van der Waals surface area contributed by atoms with Gasteiger partial charge in [0.15, 0.2) is 0 Å². The molecule has 9 heteroatoms. The van der Waals surface area contributed by atoms with Crippen molar-refractivity contribution in [3.05, 3.63) is 47.2 Å². The summed E-state index contributed by atoms with van der Waals surface area (Å²) >= 11 is 0. The molecule has 2 aromatic rings. The molecule has 3 aliphatic heterocycles. The number of anilines is 2. The summed E-state index contributed by atoms with van der Waals surface area (Å²) in [5.41, 5.74) is 1.65. The van der Waals surface area contributed by atoms with Gasteiger partial charge in [-0.25, -0.2) is 4.98 Å². The fourth-order valence-corrected chi connectivity index (χ4v) is 5.02. The molecular formula is C25H30N6O3. The molecule has 1 aromatic carbocycles. The van der Waals surface area contributed by atoms with E-state index in [9.17, 15) is 14.4 Å². The predicted octanol–water partition coefficient (Wildman–Crippen LogP) is 2.11. The number of amides is 3. The molecule has 0 bridgehead atoms. The van der Waals surface area contributed by atoms with Crippen molar-refractivity contribution in [1.82, 2.24) is 19.8 Å². The zero-order chi connectivity index (χ0) is 23.8. The Bertz CT molecular complexity index is 1090. The van der Waals surface area contributed by atoms with Crippen LogP contribution in [0.1, 0.15) is 52.6 Å². The molecule has 0 saturated carbocycles. The van der Waals surface area contributed by atoms with E-state index in [2.05, 4.69) is 14.8 Å². The maximum Gasteiger partial charge on any atom is 0.262 e. The lowest BCUT2D eigenvalue weighted by Gasteiger charge is -2.37. The lowest BCUT2D eigenvalue weighted by Crippen LogP contribution is -2.55. The Labute approximate surface area is 199 Å². The van der Waals surface area contributed by atoms with Gasteiger partial charge >= 0.3 is 0 Å². The summed E-state index contributed by atoms with van der Waals surface area (Å²) in [7, 11) is 0. The molecule has 0 N–H and O–H groups in total. The number of hydrogen-bond donors (Lipinski definition) is 0. The summed E-state index contributed by atoms with van der Waals surface area (Å²) in [5.74, 6) is 0.645. The molecule has 2 fully saturated rings. The Morgan fingerprint density at radius 1 is 0.853 bits per heavy atom. The summed E-state index contributed by atoms with van der Waals surface area (Å²) in [5, 5.41) is 0. The lowest BCUT2D eigenvalue weighted by atomic mass is 10.1. The van der Waals surface area contributed by atoms with Gasteiger partial charge in [-0.3, -0.25) is 19.3 Å². The first-order valence-corrected chi connectivity index (χ1v) is 12.1. The van der Waals surface area contributed by atoms with E-state index < -0.39 is 17.9 Å². The number of piperazine rings is 1. The van der Waals surface area contributed by atoms with Crippen LogP contribution in [0.15, 0.2) is 30.3 Å². The van der Waals surface area contributed by atoms with Crippen LogP contribution in [-0.4, -0.2) is 82.8 Å². The Kier molecular flexibility index (Phi) is 5.93. The summed E-state index contributed by atoms with van der Waals surface area (Å²) in [6.07, 6.45) is 3.64. The quantitative estimate of drug-likeness (QED) is 0.643. The van der Waals surface area contributed by atoms with E-state index in [0.29, 0.717) is 43.3 Å². The number of fused-ring (bicyclic) bond motifs is 1. The zero-order valence-electron chi connectivity index (χ0n) is 19.7. The highest BCUT2D eigenvalue weighted by Gasteiger charge is 2.42. The van der Waals surface area contributed by atoms with Crippen molar-refractivity contribution in [2.75, 3.05) is 49.1 Å². The Balaban J connectivity index is 1.24. The Morgan fingerprint density at radius 2 is 1.47 bits per heavy atom. The summed E-state index contributed by atoms with van der Waals surface area (Å²) in [6.45, 7) is 7.84. The van der Waals surface area contributed by atoms with Crippen molar-refractivity contribution >= 4 is 29.5 Å². The summed E-state index contributed by atoms with van der Waals surface area (Å²) in [6, 6.07) is 7.90. The third kappa shape index (κ3) is 3.99. The minimum atomic E-state index is -0.847. The van der Waals surface area contributed by atoms with Crippen LogP contribution in [0.3, 0.4) is 0 Å². The van der Waals surface area contributed by atoms with Gasteiger partial charge in [-0.05, 0) is 45.2 Å². The standard InChI is InChI=1S/C25H30N6O3/c1-17-16-21(28-10-6-3-7-11-28)27-25(26-17)30-14-12-29(13-15-30)22(32)18(2)31-23(33)19-8-4-5-9-20(19)24(31)34/h4-5,8-9,16,18H,3,6-7,10-15H2,1-2H3. The smallest absolute Gasteiger partial charge is 0.262 e. The number of imide groups is 1. The van der Waals surface area contributed by atoms with E-state index in [1.165, 1.54) is 19.3 Å². The normalized spacial score (nSPS) is 19.5. The van der Waals surface area contributed by atoms with Gasteiger partial charge in [0.2, 0.25) is 11.9 Å². The Hall–Kier alpha value is -3.49. The number of hydrogen-bond acceptors (Lipinski definition) is 7. The van der Waals surface area contributed by atoms with Crippen molar-refractivity contribution in [3.8, 4) is 0 Å². The third-order valence-electron chi connectivity index (χ3n) is 6.95. The molecule has 1 atom stereocenters. The van der Waals surface area contributed by atoms with Gasteiger partial charge in [-0.1, -0.05) is 12.1 Å². The molecule has 3 aliphatic rings. The number of rotatable bonds is 4. The van der Waals surface area contributed by atoms with Crippen LogP contribution in [0.25, 0.3) is 0 Å². The molecule has 1 aromatic heterocycles. The van der Waals surface area contributed by atoms with Crippen LogP contribution in [0.5, 0.6) is 0 Å². The van der Waals surface area contributed by atoms with Crippen molar-refractivity contribution in [3.63, 3.8) is 0 Å². The zero-order valence-corrected chi connectivity index (χ0v) is 19.7. The van der Waals surface area contributed by atoms with Crippen LogP contribution in [0, 0.1) is 6.92 Å². The first kappa shape index (κ1) is 22.3. The van der Waals surface area contributed by atoms with Crippen LogP contribution in [-0.2, 0) is 4.79 Å². The second kappa shape index (κ2) is 9.04. The SMILES string of the molecule is Cc1cc(N2CCCCC2)nc(N2CCN(C(=O)C(C)N3C(=O)c4ccccc4C3=O)CC2)n1. The maximum atomic E-state index is 13.2. The van der Waals surface area contributed by atoms with E-state index in [-0.39, 0.29) is 5.91 Å². The lowest BCUT2D eigenvalue weighted by molar-refractivity contribution is -0.135. The van der Waals surface area contributed by atoms with E-state index in [4.69, 9.17) is 4.98 Å². The molecule has 5 rings (SSSR count). The fraction of sp³-hybridized carbons (Fsp3) is 0.480. The number of nitrogens with zero attached hydrogens (tertiary/aromatic N) is 6. The van der Waals surface area contributed by atoms with Crippen LogP contribution in [0.4, 0.5) is 11.8 Å². The molecular weight excluding hydrogens is 432 g/mol. The van der Waals surface area contributed by atoms with Crippen molar-refractivity contribution in [2.24, 2.45) is 0 Å². The van der Waals surface area contributed by atoms with E-state index in [1.807, 2.05) is 13.0 Å². The average Bonchev–Trinajstić information content (AvgIpc) is 3.13. The third-order valence-corrected chi connectivity index (χ3v) is 6.95. The molecule has 2 saturated heterocycles. The highest BCUT2D eigenvalue weighted by atomic mass is 16.2. The molecule has 0 spiro atoms. The topological polar surface area (TPSA) is 90.0 Å². The maximum absolute atomic E-state index is 13.2. The minimum absolute atomic E-state index is 0.215. The van der Waals surface area contributed by atoms with Gasteiger partial charge < -0.3 is 14.7 Å². The molecule has 0 radical (unpaired) electrons. The second-order valence-corrected chi connectivity index (χ2v) is 9.23. The highest BCUT2D eigenvalue weighted by molar-refractivity contribution is 6.22. The number of aromatic nitrogens is 2. The average molecular weight is 463 g/mol. The fourth-order valence-electron chi connectivity index (χ4n) is 5.02. The highest BCUT2D eigenvalue weighted by Crippen LogP contribution is 2.26. The van der Waals surface area contributed by atoms with Crippen LogP contribution >= 0.6 is 0 Å². The monoisotopic (exact) mass is 462 g/mol. The molecule has 0 aliphatic carbocycles. The van der Waals surface area contributed by atoms with Gasteiger partial charge in [-0.15, -0.1) is 0 Å². The van der Waals surface area contributed by atoms with Gasteiger partial charge in [-0.2, -0.15) is 4.98 Å². The van der Waals surface area contributed by atoms with Crippen molar-refractivity contribution in [2.45, 2.75) is 39.2 Å². The minimum Gasteiger partial charge on any atom is -0.356 e. The molecule has 1 unspecified atom stereocenters. The van der Waals surface area contributed by atoms with E-state index >= 15 is 0 Å². The van der Waals surface area contributed by atoms with E-state index in [1.54, 1.807) is 36.1 Å². The molecule has 4 heterocycles. The number of carbonyl (C=O) groups is 3.